The highest BCUT2D eigenvalue weighted by Gasteiger charge is 2.23. The summed E-state index contributed by atoms with van der Waals surface area (Å²) in [5, 5.41) is 20.1. The largest absolute Gasteiger partial charge is 0.401 e. The summed E-state index contributed by atoms with van der Waals surface area (Å²) in [5.41, 5.74) is 11.0. The van der Waals surface area contributed by atoms with E-state index in [1.165, 1.54) is 6.21 Å². The lowest BCUT2D eigenvalue weighted by molar-refractivity contribution is 0.634. The molecular formula is C22H33BN6. The Bertz CT molecular complexity index is 783. The second kappa shape index (κ2) is 11.3. The van der Waals surface area contributed by atoms with E-state index in [4.69, 9.17) is 16.4 Å². The van der Waals surface area contributed by atoms with Crippen molar-refractivity contribution in [3.63, 3.8) is 0 Å². The van der Waals surface area contributed by atoms with Gasteiger partial charge >= 0.3 is 0 Å². The lowest BCUT2D eigenvalue weighted by Gasteiger charge is -2.30. The van der Waals surface area contributed by atoms with Gasteiger partial charge in [-0.1, -0.05) is 13.8 Å². The van der Waals surface area contributed by atoms with Gasteiger partial charge in [-0.05, 0) is 49.2 Å². The minimum Gasteiger partial charge on any atom is -0.401 e. The van der Waals surface area contributed by atoms with Crippen molar-refractivity contribution >= 4 is 30.5 Å². The highest BCUT2D eigenvalue weighted by Crippen LogP contribution is 2.27. The van der Waals surface area contributed by atoms with E-state index in [0.29, 0.717) is 17.7 Å². The fourth-order valence-corrected chi connectivity index (χ4v) is 3.64. The first-order chi connectivity index (χ1) is 14.1. The Kier molecular flexibility index (Phi) is 8.79. The summed E-state index contributed by atoms with van der Waals surface area (Å²) in [5.74, 6) is 2.39. The summed E-state index contributed by atoms with van der Waals surface area (Å²) < 4.78 is 0. The zero-order valence-corrected chi connectivity index (χ0v) is 17.9. The van der Waals surface area contributed by atoms with E-state index in [1.54, 1.807) is 6.21 Å². The second-order valence-electron chi connectivity index (χ2n) is 7.53. The summed E-state index contributed by atoms with van der Waals surface area (Å²) in [7, 11) is 1.91. The number of hydrogen-bond donors (Lipinski definition) is 3. The van der Waals surface area contributed by atoms with Gasteiger partial charge < -0.3 is 21.4 Å². The highest BCUT2D eigenvalue weighted by atomic mass is 15.1. The molecule has 1 aliphatic rings. The van der Waals surface area contributed by atoms with Crippen molar-refractivity contribution in [1.82, 2.24) is 0 Å². The van der Waals surface area contributed by atoms with Crippen molar-refractivity contribution in [2.45, 2.75) is 51.8 Å². The molecule has 154 valence electrons. The number of nitriles is 1. The molecule has 1 aliphatic heterocycles. The lowest BCUT2D eigenvalue weighted by atomic mass is 9.45. The molecule has 1 saturated heterocycles. The van der Waals surface area contributed by atoms with E-state index in [2.05, 4.69) is 53.2 Å². The normalized spacial score (nSPS) is 15.4. The van der Waals surface area contributed by atoms with Crippen LogP contribution >= 0.6 is 0 Å². The summed E-state index contributed by atoms with van der Waals surface area (Å²) in [6, 6.07) is 6.64. The molecule has 1 aromatic rings. The smallest absolute Gasteiger partial charge is 0.271 e. The van der Waals surface area contributed by atoms with Crippen molar-refractivity contribution in [3.05, 3.63) is 35.0 Å². The Morgan fingerprint density at radius 2 is 2.07 bits per heavy atom. The lowest BCUT2D eigenvalue weighted by Crippen LogP contribution is -2.36. The van der Waals surface area contributed by atoms with Gasteiger partial charge in [0.05, 0.1) is 0 Å². The third kappa shape index (κ3) is 6.12. The molecule has 0 spiro atoms. The van der Waals surface area contributed by atoms with Crippen molar-refractivity contribution in [3.8, 4) is 5.97 Å². The van der Waals surface area contributed by atoms with Crippen molar-refractivity contribution < 1.29 is 0 Å². The van der Waals surface area contributed by atoms with E-state index in [9.17, 15) is 0 Å². The molecule has 7 heteroatoms. The van der Waals surface area contributed by atoms with Crippen molar-refractivity contribution in [1.29, 1.82) is 10.7 Å². The first kappa shape index (κ1) is 22.5. The number of anilines is 2. The number of nitrogens with zero attached hydrogens (tertiary/aromatic N) is 3. The number of allylic oxidation sites excluding steroid dienone is 2. The van der Waals surface area contributed by atoms with Crippen LogP contribution in [0.2, 0.25) is 12.6 Å². The standard InChI is InChI=1S/C22H33BN6/c1-4-19(5-2)28-15-18(14-24)21(26)13-17-12-20(6-7-22(17)27-3)29-10-8-23(16-25)9-11-29/h6-7,12,14-15,19,24,27H,4-5,8-11,13,26H2,1-3H3. The monoisotopic (exact) mass is 392 g/mol. The summed E-state index contributed by atoms with van der Waals surface area (Å²) in [4.78, 5) is 6.92. The molecule has 0 atom stereocenters. The Hall–Kier alpha value is -2.75. The molecule has 1 fully saturated rings. The minimum absolute atomic E-state index is 0.172. The fraction of sp³-hybridized carbons (Fsp3) is 0.500. The molecule has 1 heterocycles. The van der Waals surface area contributed by atoms with Crippen LogP contribution in [0.1, 0.15) is 32.3 Å². The molecule has 0 amide bonds. The van der Waals surface area contributed by atoms with Crippen LogP contribution in [0.5, 0.6) is 0 Å². The van der Waals surface area contributed by atoms with E-state index in [0.717, 1.165) is 55.5 Å². The molecule has 29 heavy (non-hydrogen) atoms. The Morgan fingerprint density at radius 3 is 2.62 bits per heavy atom. The predicted octanol–water partition coefficient (Wildman–Crippen LogP) is 3.77. The molecule has 0 aliphatic carbocycles. The topological polar surface area (TPSA) is 101 Å². The Morgan fingerprint density at radius 1 is 1.38 bits per heavy atom. The number of benzene rings is 1. The average Bonchev–Trinajstić information content (AvgIpc) is 2.76. The van der Waals surface area contributed by atoms with Gasteiger partial charge in [0.15, 0.2) is 0 Å². The van der Waals surface area contributed by atoms with Gasteiger partial charge in [0.1, 0.15) is 0 Å². The zero-order chi connectivity index (χ0) is 21.2. The van der Waals surface area contributed by atoms with Crippen LogP contribution in [0.3, 0.4) is 0 Å². The molecule has 2 rings (SSSR count). The van der Waals surface area contributed by atoms with Gasteiger partial charge in [-0.25, -0.2) is 5.26 Å². The van der Waals surface area contributed by atoms with Crippen LogP contribution in [-0.2, 0) is 6.42 Å². The van der Waals surface area contributed by atoms with Crippen LogP contribution in [-0.4, -0.2) is 45.3 Å². The Labute approximate surface area is 175 Å². The average molecular weight is 392 g/mol. The second-order valence-corrected chi connectivity index (χ2v) is 7.53. The number of aliphatic imine (C=N–C) groups is 1. The number of hydrogen-bond acceptors (Lipinski definition) is 6. The first-order valence-electron chi connectivity index (χ1n) is 10.5. The van der Waals surface area contributed by atoms with E-state index in [-0.39, 0.29) is 12.8 Å². The molecule has 1 aromatic carbocycles. The summed E-state index contributed by atoms with van der Waals surface area (Å²) in [6.45, 7) is 6.20. The van der Waals surface area contributed by atoms with Crippen LogP contribution in [0.15, 0.2) is 34.5 Å². The molecule has 6 nitrogen and oxygen atoms in total. The molecule has 0 aromatic heterocycles. The third-order valence-corrected chi connectivity index (χ3v) is 5.67. The highest BCUT2D eigenvalue weighted by molar-refractivity contribution is 6.67. The van der Waals surface area contributed by atoms with Gasteiger partial charge in [-0.3, -0.25) is 4.99 Å². The maximum atomic E-state index is 9.12. The predicted molar refractivity (Wildman–Crippen MR) is 126 cm³/mol. The van der Waals surface area contributed by atoms with Crippen LogP contribution in [0.4, 0.5) is 11.4 Å². The van der Waals surface area contributed by atoms with Gasteiger partial charge in [-0.2, -0.15) is 0 Å². The number of rotatable bonds is 9. The van der Waals surface area contributed by atoms with Crippen LogP contribution in [0, 0.1) is 16.6 Å². The van der Waals surface area contributed by atoms with E-state index in [1.807, 2.05) is 7.05 Å². The van der Waals surface area contributed by atoms with Gasteiger partial charge in [0.25, 0.3) is 6.71 Å². The summed E-state index contributed by atoms with van der Waals surface area (Å²) >= 11 is 0. The molecule has 4 N–H and O–H groups in total. The van der Waals surface area contributed by atoms with Crippen molar-refractivity contribution in [2.24, 2.45) is 10.7 Å². The molecule has 0 radical (unpaired) electrons. The van der Waals surface area contributed by atoms with Gasteiger partial charge in [0.2, 0.25) is 0 Å². The van der Waals surface area contributed by atoms with Crippen LogP contribution in [0.25, 0.3) is 0 Å². The van der Waals surface area contributed by atoms with E-state index >= 15 is 0 Å². The number of nitrogens with one attached hydrogen (secondary N) is 2. The Balaban J connectivity index is 2.23. The van der Waals surface area contributed by atoms with Crippen molar-refractivity contribution in [2.75, 3.05) is 30.4 Å². The first-order valence-corrected chi connectivity index (χ1v) is 10.5. The van der Waals surface area contributed by atoms with E-state index < -0.39 is 0 Å². The van der Waals surface area contributed by atoms with Gasteiger partial charge in [0, 0.05) is 73.6 Å². The third-order valence-electron chi connectivity index (χ3n) is 5.67. The molecule has 0 unspecified atom stereocenters. The quantitative estimate of drug-likeness (QED) is 0.440. The number of nitrogens with two attached hydrogens (primary N) is 1. The minimum atomic E-state index is 0.172. The fourth-order valence-electron chi connectivity index (χ4n) is 3.64. The van der Waals surface area contributed by atoms with Gasteiger partial charge in [-0.15, -0.1) is 0 Å². The van der Waals surface area contributed by atoms with Crippen LogP contribution < -0.4 is 16.0 Å². The molecule has 0 bridgehead atoms. The SMILES string of the molecule is CCC(CC)N=CC(C=N)=C(N)Cc1cc(N2CCB(C#N)CC2)ccc1NC. The maximum Gasteiger partial charge on any atom is 0.271 e. The summed E-state index contributed by atoms with van der Waals surface area (Å²) in [6.07, 6.45) is 7.36. The molecule has 0 saturated carbocycles. The maximum absolute atomic E-state index is 9.12. The molecular weight excluding hydrogens is 359 g/mol. The zero-order valence-electron chi connectivity index (χ0n) is 17.9.